The van der Waals surface area contributed by atoms with Gasteiger partial charge in [0.2, 0.25) is 11.7 Å². The quantitative estimate of drug-likeness (QED) is 0.767. The lowest BCUT2D eigenvalue weighted by atomic mass is 10.1. The third-order valence-corrected chi connectivity index (χ3v) is 2.89. The number of aromatic nitrogens is 4. The molecule has 1 atom stereocenters. The molecule has 0 fully saturated rings. The Morgan fingerprint density at radius 2 is 2.05 bits per heavy atom. The maximum atomic E-state index is 6.10. The lowest BCUT2D eigenvalue weighted by molar-refractivity contribution is 0.367. The summed E-state index contributed by atoms with van der Waals surface area (Å²) in [6.45, 7) is 0. The molecule has 3 rings (SSSR count). The zero-order valence-corrected chi connectivity index (χ0v) is 10.4. The molecule has 0 aliphatic rings. The third kappa shape index (κ3) is 2.13. The monoisotopic (exact) mass is 255 g/mol. The fourth-order valence-electron chi connectivity index (χ4n) is 1.84. The van der Waals surface area contributed by atoms with E-state index in [1.54, 1.807) is 6.20 Å². The third-order valence-electron chi connectivity index (χ3n) is 2.89. The highest BCUT2D eigenvalue weighted by Crippen LogP contribution is 2.20. The average Bonchev–Trinajstić information content (AvgIpc) is 3.07. The predicted octanol–water partition coefficient (Wildman–Crippen LogP) is 1.52. The van der Waals surface area contributed by atoms with E-state index in [4.69, 9.17) is 10.3 Å². The van der Waals surface area contributed by atoms with Gasteiger partial charge in [0.25, 0.3) is 0 Å². The molecule has 1 unspecified atom stereocenters. The first kappa shape index (κ1) is 11.6. The van der Waals surface area contributed by atoms with Gasteiger partial charge in [-0.25, -0.2) is 4.98 Å². The second kappa shape index (κ2) is 4.66. The first-order chi connectivity index (χ1) is 9.25. The highest BCUT2D eigenvalue weighted by Gasteiger charge is 2.18. The van der Waals surface area contributed by atoms with Crippen LogP contribution in [0.15, 0.2) is 47.2 Å². The molecule has 0 saturated heterocycles. The van der Waals surface area contributed by atoms with Crippen molar-refractivity contribution in [3.05, 3.63) is 54.2 Å². The van der Waals surface area contributed by atoms with Crippen LogP contribution < -0.4 is 5.73 Å². The minimum atomic E-state index is -0.428. The van der Waals surface area contributed by atoms with Crippen LogP contribution in [0.4, 0.5) is 0 Å². The van der Waals surface area contributed by atoms with Gasteiger partial charge in [0.15, 0.2) is 5.82 Å². The molecule has 0 bridgehead atoms. The second-order valence-corrected chi connectivity index (χ2v) is 4.21. The van der Waals surface area contributed by atoms with Gasteiger partial charge in [0.1, 0.15) is 6.04 Å². The number of benzene rings is 1. The summed E-state index contributed by atoms with van der Waals surface area (Å²) < 4.78 is 7.04. The second-order valence-electron chi connectivity index (χ2n) is 4.21. The Hall–Kier alpha value is -2.47. The molecule has 0 aliphatic heterocycles. The Morgan fingerprint density at radius 1 is 1.26 bits per heavy atom. The Labute approximate surface area is 109 Å². The van der Waals surface area contributed by atoms with E-state index in [9.17, 15) is 0 Å². The molecule has 0 radical (unpaired) electrons. The van der Waals surface area contributed by atoms with Crippen molar-refractivity contribution in [1.82, 2.24) is 19.7 Å². The van der Waals surface area contributed by atoms with E-state index in [1.165, 1.54) is 0 Å². The summed E-state index contributed by atoms with van der Waals surface area (Å²) in [5, 5.41) is 3.92. The van der Waals surface area contributed by atoms with E-state index in [1.807, 2.05) is 48.1 Å². The number of rotatable bonds is 3. The molecule has 6 nitrogen and oxygen atoms in total. The van der Waals surface area contributed by atoms with Crippen molar-refractivity contribution in [3.63, 3.8) is 0 Å². The van der Waals surface area contributed by atoms with Crippen molar-refractivity contribution in [2.45, 2.75) is 6.04 Å². The van der Waals surface area contributed by atoms with Crippen LogP contribution in [0.1, 0.15) is 17.5 Å². The van der Waals surface area contributed by atoms with Crippen LogP contribution >= 0.6 is 0 Å². The summed E-state index contributed by atoms with van der Waals surface area (Å²) >= 11 is 0. The van der Waals surface area contributed by atoms with E-state index in [0.29, 0.717) is 17.5 Å². The van der Waals surface area contributed by atoms with E-state index < -0.39 is 6.04 Å². The van der Waals surface area contributed by atoms with E-state index in [2.05, 4.69) is 15.1 Å². The molecule has 1 aromatic carbocycles. The number of hydrogen-bond acceptors (Lipinski definition) is 5. The summed E-state index contributed by atoms with van der Waals surface area (Å²) in [6, 6.07) is 9.20. The van der Waals surface area contributed by atoms with Crippen LogP contribution in [0, 0.1) is 0 Å². The lowest BCUT2D eigenvalue weighted by Gasteiger charge is -2.05. The normalized spacial score (nSPS) is 12.5. The van der Waals surface area contributed by atoms with Gasteiger partial charge in [-0.05, 0) is 5.56 Å². The number of aryl methyl sites for hydroxylation is 1. The molecule has 19 heavy (non-hydrogen) atoms. The van der Waals surface area contributed by atoms with Crippen molar-refractivity contribution in [2.75, 3.05) is 0 Å². The summed E-state index contributed by atoms with van der Waals surface area (Å²) in [5.74, 6) is 1.47. The number of hydrogen-bond donors (Lipinski definition) is 1. The molecule has 0 amide bonds. The van der Waals surface area contributed by atoms with E-state index >= 15 is 0 Å². The summed E-state index contributed by atoms with van der Waals surface area (Å²) in [4.78, 5) is 8.47. The average molecular weight is 255 g/mol. The minimum absolute atomic E-state index is 0.379. The van der Waals surface area contributed by atoms with E-state index in [0.717, 1.165) is 5.56 Å². The topological polar surface area (TPSA) is 82.8 Å². The molecule has 2 heterocycles. The van der Waals surface area contributed by atoms with Crippen molar-refractivity contribution in [2.24, 2.45) is 12.8 Å². The molecule has 0 saturated carbocycles. The number of imidazole rings is 1. The lowest BCUT2D eigenvalue weighted by Crippen LogP contribution is -2.12. The molecule has 2 N–H and O–H groups in total. The van der Waals surface area contributed by atoms with Crippen LogP contribution in [0.5, 0.6) is 0 Å². The van der Waals surface area contributed by atoms with Crippen molar-refractivity contribution in [3.8, 4) is 11.6 Å². The van der Waals surface area contributed by atoms with Gasteiger partial charge in [-0.2, -0.15) is 4.98 Å². The molecule has 96 valence electrons. The smallest absolute Gasteiger partial charge is 0.248 e. The molecule has 2 aromatic heterocycles. The molecular weight excluding hydrogens is 242 g/mol. The van der Waals surface area contributed by atoms with Gasteiger partial charge in [0.05, 0.1) is 0 Å². The molecule has 0 spiro atoms. The first-order valence-electron chi connectivity index (χ1n) is 5.87. The Bertz CT molecular complexity index is 673. The Morgan fingerprint density at radius 3 is 2.74 bits per heavy atom. The molecule has 6 heteroatoms. The summed E-state index contributed by atoms with van der Waals surface area (Å²) in [6.07, 6.45) is 3.50. The Balaban J connectivity index is 1.92. The highest BCUT2D eigenvalue weighted by molar-refractivity contribution is 5.42. The fraction of sp³-hybridized carbons (Fsp3) is 0.154. The van der Waals surface area contributed by atoms with Crippen molar-refractivity contribution >= 4 is 0 Å². The summed E-state index contributed by atoms with van der Waals surface area (Å²) in [5.41, 5.74) is 7.03. The van der Waals surface area contributed by atoms with Crippen LogP contribution in [-0.2, 0) is 7.05 Å². The van der Waals surface area contributed by atoms with Gasteiger partial charge in [-0.3, -0.25) is 0 Å². The zero-order valence-electron chi connectivity index (χ0n) is 10.4. The first-order valence-corrected chi connectivity index (χ1v) is 5.87. The predicted molar refractivity (Wildman–Crippen MR) is 69.0 cm³/mol. The molecule has 0 aliphatic carbocycles. The highest BCUT2D eigenvalue weighted by atomic mass is 16.5. The zero-order chi connectivity index (χ0) is 13.2. The van der Waals surface area contributed by atoms with Crippen LogP contribution in [0.2, 0.25) is 0 Å². The van der Waals surface area contributed by atoms with Gasteiger partial charge >= 0.3 is 0 Å². The molecule has 3 aromatic rings. The largest absolute Gasteiger partial charge is 0.337 e. The van der Waals surface area contributed by atoms with Crippen LogP contribution in [-0.4, -0.2) is 19.7 Å². The minimum Gasteiger partial charge on any atom is -0.337 e. The van der Waals surface area contributed by atoms with Crippen molar-refractivity contribution < 1.29 is 4.52 Å². The van der Waals surface area contributed by atoms with Crippen LogP contribution in [0.3, 0.4) is 0 Å². The SMILES string of the molecule is Cn1ccnc1-c1noc(C(N)c2ccccc2)n1. The fourth-order valence-corrected chi connectivity index (χ4v) is 1.84. The Kier molecular flexibility index (Phi) is 2.85. The number of nitrogens with zero attached hydrogens (tertiary/aromatic N) is 4. The maximum Gasteiger partial charge on any atom is 0.248 e. The number of nitrogens with two attached hydrogens (primary N) is 1. The standard InChI is InChI=1S/C13H13N5O/c1-18-8-7-15-12(18)11-16-13(19-17-11)10(14)9-5-3-2-4-6-9/h2-8,10H,14H2,1H3. The van der Waals surface area contributed by atoms with Gasteiger partial charge in [0, 0.05) is 19.4 Å². The van der Waals surface area contributed by atoms with Crippen molar-refractivity contribution in [1.29, 1.82) is 0 Å². The van der Waals surface area contributed by atoms with E-state index in [-0.39, 0.29) is 0 Å². The molecular formula is C13H13N5O. The van der Waals surface area contributed by atoms with Gasteiger partial charge in [-0.1, -0.05) is 35.5 Å². The van der Waals surface area contributed by atoms with Gasteiger partial charge < -0.3 is 14.8 Å². The summed E-state index contributed by atoms with van der Waals surface area (Å²) in [7, 11) is 1.87. The van der Waals surface area contributed by atoms with Crippen LogP contribution in [0.25, 0.3) is 11.6 Å². The van der Waals surface area contributed by atoms with Gasteiger partial charge in [-0.15, -0.1) is 0 Å². The maximum absolute atomic E-state index is 6.10.